The van der Waals surface area contributed by atoms with Gasteiger partial charge in [0.25, 0.3) is 0 Å². The van der Waals surface area contributed by atoms with E-state index < -0.39 is 0 Å². The van der Waals surface area contributed by atoms with E-state index in [0.29, 0.717) is 12.2 Å². The van der Waals surface area contributed by atoms with Crippen molar-refractivity contribution in [1.82, 2.24) is 0 Å². The number of allylic oxidation sites excluding steroid dienone is 1. The van der Waals surface area contributed by atoms with Gasteiger partial charge in [-0.1, -0.05) is 12.1 Å². The molecule has 0 aliphatic carbocycles. The van der Waals surface area contributed by atoms with Crippen LogP contribution in [-0.2, 0) is 6.42 Å². The quantitative estimate of drug-likeness (QED) is 0.742. The first-order chi connectivity index (χ1) is 6.56. The highest BCUT2D eigenvalue weighted by atomic mass is 16.3. The molecule has 0 amide bonds. The average Bonchev–Trinajstić information content (AvgIpc) is 2.10. The molecule has 0 fully saturated rings. The Labute approximate surface area is 85.5 Å². The van der Waals surface area contributed by atoms with Gasteiger partial charge in [-0.25, -0.2) is 0 Å². The van der Waals surface area contributed by atoms with Crippen LogP contribution in [0, 0.1) is 6.92 Å². The van der Waals surface area contributed by atoms with Crippen molar-refractivity contribution < 1.29 is 5.11 Å². The zero-order valence-corrected chi connectivity index (χ0v) is 9.04. The van der Waals surface area contributed by atoms with E-state index in [4.69, 9.17) is 0 Å². The largest absolute Gasteiger partial charge is 0.505 e. The van der Waals surface area contributed by atoms with Crippen molar-refractivity contribution >= 4 is 5.69 Å². The third kappa shape index (κ3) is 2.08. The highest BCUT2D eigenvalue weighted by Crippen LogP contribution is 2.31. The summed E-state index contributed by atoms with van der Waals surface area (Å²) in [6, 6.07) is 3.96. The molecule has 1 rings (SSSR count). The molecule has 0 aliphatic rings. The molecule has 1 aromatic carbocycles. The van der Waals surface area contributed by atoms with Crippen molar-refractivity contribution in [2.45, 2.75) is 13.3 Å². The molecule has 0 saturated heterocycles. The molecule has 0 aromatic heterocycles. The first kappa shape index (κ1) is 10.6. The van der Waals surface area contributed by atoms with Crippen LogP contribution < -0.4 is 4.90 Å². The van der Waals surface area contributed by atoms with Gasteiger partial charge in [0.1, 0.15) is 5.75 Å². The Morgan fingerprint density at radius 2 is 2.07 bits per heavy atom. The van der Waals surface area contributed by atoms with Gasteiger partial charge >= 0.3 is 0 Å². The fourth-order valence-corrected chi connectivity index (χ4v) is 1.49. The summed E-state index contributed by atoms with van der Waals surface area (Å²) in [6.45, 7) is 5.70. The van der Waals surface area contributed by atoms with Crippen molar-refractivity contribution in [2.75, 3.05) is 19.0 Å². The molecule has 0 bridgehead atoms. The smallest absolute Gasteiger partial charge is 0.142 e. The first-order valence-corrected chi connectivity index (χ1v) is 4.67. The number of anilines is 1. The molecule has 0 heterocycles. The number of hydrogen-bond donors (Lipinski definition) is 1. The van der Waals surface area contributed by atoms with E-state index in [1.165, 1.54) is 0 Å². The Balaban J connectivity index is 3.24. The van der Waals surface area contributed by atoms with Crippen LogP contribution in [0.2, 0.25) is 0 Å². The maximum absolute atomic E-state index is 9.93. The van der Waals surface area contributed by atoms with Crippen molar-refractivity contribution in [2.24, 2.45) is 0 Å². The summed E-state index contributed by atoms with van der Waals surface area (Å²) in [7, 11) is 3.85. The zero-order valence-electron chi connectivity index (χ0n) is 9.04. The second-order valence-corrected chi connectivity index (χ2v) is 3.68. The van der Waals surface area contributed by atoms with Crippen LogP contribution in [0.4, 0.5) is 5.69 Å². The van der Waals surface area contributed by atoms with Crippen LogP contribution in [0.5, 0.6) is 5.75 Å². The summed E-state index contributed by atoms with van der Waals surface area (Å²) >= 11 is 0. The Morgan fingerprint density at radius 3 is 2.57 bits per heavy atom. The predicted octanol–water partition coefficient (Wildman–Crippen LogP) is 2.50. The summed E-state index contributed by atoms with van der Waals surface area (Å²) in [4.78, 5) is 1.91. The molecule has 2 heteroatoms. The molecule has 14 heavy (non-hydrogen) atoms. The monoisotopic (exact) mass is 191 g/mol. The topological polar surface area (TPSA) is 23.5 Å². The molecule has 0 spiro atoms. The molecule has 76 valence electrons. The van der Waals surface area contributed by atoms with Crippen LogP contribution in [0.1, 0.15) is 11.1 Å². The molecular formula is C12H17NO. The van der Waals surface area contributed by atoms with Crippen molar-refractivity contribution in [1.29, 1.82) is 0 Å². The molecular weight excluding hydrogens is 174 g/mol. The maximum atomic E-state index is 9.93. The van der Waals surface area contributed by atoms with Crippen LogP contribution in [0.25, 0.3) is 0 Å². The molecule has 1 aromatic rings. The zero-order chi connectivity index (χ0) is 10.7. The molecule has 2 nitrogen and oxygen atoms in total. The summed E-state index contributed by atoms with van der Waals surface area (Å²) in [6.07, 6.45) is 2.50. The summed E-state index contributed by atoms with van der Waals surface area (Å²) < 4.78 is 0. The van der Waals surface area contributed by atoms with Crippen molar-refractivity contribution in [3.63, 3.8) is 0 Å². The number of hydrogen-bond acceptors (Lipinski definition) is 2. The second-order valence-electron chi connectivity index (χ2n) is 3.68. The van der Waals surface area contributed by atoms with E-state index in [1.807, 2.05) is 38.1 Å². The van der Waals surface area contributed by atoms with Gasteiger partial charge in [-0.2, -0.15) is 0 Å². The van der Waals surface area contributed by atoms with Crippen molar-refractivity contribution in [3.8, 4) is 5.75 Å². The standard InChI is InChI=1S/C12H17NO/c1-5-6-10-7-9(2)8-11(12(10)14)13(3)4/h5,7-8,14H,1,6H2,2-4H3. The Kier molecular flexibility index (Phi) is 3.18. The minimum Gasteiger partial charge on any atom is -0.505 e. The normalized spacial score (nSPS) is 9.93. The second kappa shape index (κ2) is 4.18. The summed E-state index contributed by atoms with van der Waals surface area (Å²) in [5.74, 6) is 0.362. The summed E-state index contributed by atoms with van der Waals surface area (Å²) in [5, 5.41) is 9.93. The number of nitrogens with zero attached hydrogens (tertiary/aromatic N) is 1. The third-order valence-corrected chi connectivity index (χ3v) is 2.16. The van der Waals surface area contributed by atoms with E-state index >= 15 is 0 Å². The first-order valence-electron chi connectivity index (χ1n) is 4.67. The SMILES string of the molecule is C=CCc1cc(C)cc(N(C)C)c1O. The number of phenols is 1. The average molecular weight is 191 g/mol. The van der Waals surface area contributed by atoms with Gasteiger partial charge in [0.05, 0.1) is 5.69 Å². The van der Waals surface area contributed by atoms with Crippen LogP contribution >= 0.6 is 0 Å². The molecule has 1 N–H and O–H groups in total. The minimum atomic E-state index is 0.362. The Morgan fingerprint density at radius 1 is 1.43 bits per heavy atom. The van der Waals surface area contributed by atoms with E-state index in [1.54, 1.807) is 6.08 Å². The molecule has 0 radical (unpaired) electrons. The van der Waals surface area contributed by atoms with Gasteiger partial charge in [-0.3, -0.25) is 0 Å². The Bertz CT molecular complexity index is 342. The van der Waals surface area contributed by atoms with E-state index in [-0.39, 0.29) is 0 Å². The predicted molar refractivity (Wildman–Crippen MR) is 61.1 cm³/mol. The van der Waals surface area contributed by atoms with Gasteiger partial charge in [-0.05, 0) is 25.0 Å². The molecule has 0 atom stereocenters. The van der Waals surface area contributed by atoms with Crippen LogP contribution in [0.3, 0.4) is 0 Å². The third-order valence-electron chi connectivity index (χ3n) is 2.16. The fraction of sp³-hybridized carbons (Fsp3) is 0.333. The summed E-state index contributed by atoms with van der Waals surface area (Å²) in [5.41, 5.74) is 2.95. The highest BCUT2D eigenvalue weighted by molar-refractivity contribution is 5.62. The highest BCUT2D eigenvalue weighted by Gasteiger charge is 2.08. The van der Waals surface area contributed by atoms with E-state index in [9.17, 15) is 5.11 Å². The number of phenolic OH excluding ortho intramolecular Hbond substituents is 1. The molecule has 0 saturated carbocycles. The van der Waals surface area contributed by atoms with Gasteiger partial charge < -0.3 is 10.0 Å². The number of benzene rings is 1. The van der Waals surface area contributed by atoms with E-state index in [0.717, 1.165) is 16.8 Å². The minimum absolute atomic E-state index is 0.362. The van der Waals surface area contributed by atoms with Crippen LogP contribution in [-0.4, -0.2) is 19.2 Å². The lowest BCUT2D eigenvalue weighted by Crippen LogP contribution is -2.09. The fourth-order valence-electron chi connectivity index (χ4n) is 1.49. The molecule has 0 unspecified atom stereocenters. The lowest BCUT2D eigenvalue weighted by molar-refractivity contribution is 0.470. The van der Waals surface area contributed by atoms with Gasteiger partial charge in [-0.15, -0.1) is 6.58 Å². The van der Waals surface area contributed by atoms with Gasteiger partial charge in [0.15, 0.2) is 0 Å². The van der Waals surface area contributed by atoms with E-state index in [2.05, 4.69) is 6.58 Å². The lowest BCUT2D eigenvalue weighted by Gasteiger charge is -2.17. The van der Waals surface area contributed by atoms with Crippen molar-refractivity contribution in [3.05, 3.63) is 35.9 Å². The number of aryl methyl sites for hydroxylation is 1. The van der Waals surface area contributed by atoms with Crippen LogP contribution in [0.15, 0.2) is 24.8 Å². The number of aromatic hydroxyl groups is 1. The number of rotatable bonds is 3. The van der Waals surface area contributed by atoms with Gasteiger partial charge in [0, 0.05) is 19.7 Å². The Hall–Kier alpha value is -1.44. The van der Waals surface area contributed by atoms with Gasteiger partial charge in [0.2, 0.25) is 0 Å². The molecule has 0 aliphatic heterocycles. The maximum Gasteiger partial charge on any atom is 0.142 e. The lowest BCUT2D eigenvalue weighted by atomic mass is 10.1.